The molecule has 2 aliphatic heterocycles. The Bertz CT molecular complexity index is 1210. The Labute approximate surface area is 167 Å². The summed E-state index contributed by atoms with van der Waals surface area (Å²) in [5, 5.41) is 14.4. The number of hydrogen-bond acceptors (Lipinski definition) is 5. The molecule has 29 heavy (non-hydrogen) atoms. The standard InChI is InChI=1S/C22H19N5O2/c23-12-16-17(15-9-5-7-13-6-1-2-8-14(13)15)18-19(24-20(16)28)25-22(26-21(18)29)27-10-3-4-11-27/h1-2,5-9,16-17H,3-4,10-11H2,(H2,24,25,26,28,29)/t16-,17+/m0/s1. The Hall–Kier alpha value is -3.66. The number of anilines is 2. The molecule has 1 aromatic heterocycles. The predicted molar refractivity (Wildman–Crippen MR) is 110 cm³/mol. The highest BCUT2D eigenvalue weighted by Gasteiger charge is 2.41. The molecule has 7 nitrogen and oxygen atoms in total. The van der Waals surface area contributed by atoms with Gasteiger partial charge in [-0.3, -0.25) is 14.6 Å². The second-order valence-corrected chi connectivity index (χ2v) is 7.49. The van der Waals surface area contributed by atoms with Crippen molar-refractivity contribution in [3.05, 3.63) is 63.9 Å². The number of carbonyl (C=O) groups excluding carboxylic acids is 1. The lowest BCUT2D eigenvalue weighted by molar-refractivity contribution is -0.119. The van der Waals surface area contributed by atoms with Crippen LogP contribution in [0.5, 0.6) is 0 Å². The van der Waals surface area contributed by atoms with Crippen LogP contribution in [0.2, 0.25) is 0 Å². The number of H-pyrrole nitrogens is 1. The molecule has 1 saturated heterocycles. The molecule has 3 aromatic rings. The molecule has 0 radical (unpaired) electrons. The first kappa shape index (κ1) is 17.4. The van der Waals surface area contributed by atoms with Gasteiger partial charge in [-0.15, -0.1) is 0 Å². The summed E-state index contributed by atoms with van der Waals surface area (Å²) in [6.45, 7) is 1.65. The van der Waals surface area contributed by atoms with Gasteiger partial charge in [-0.05, 0) is 29.2 Å². The average molecular weight is 385 g/mol. The summed E-state index contributed by atoms with van der Waals surface area (Å²) in [5.41, 5.74) is 0.817. The number of fused-ring (bicyclic) bond motifs is 2. The first-order valence-electron chi connectivity index (χ1n) is 9.74. The fraction of sp³-hybridized carbons (Fsp3) is 0.273. The summed E-state index contributed by atoms with van der Waals surface area (Å²) in [6, 6.07) is 15.6. The quantitative estimate of drug-likeness (QED) is 0.706. The fourth-order valence-corrected chi connectivity index (χ4v) is 4.44. The Balaban J connectivity index is 1.74. The van der Waals surface area contributed by atoms with Crippen LogP contribution in [0.3, 0.4) is 0 Å². The van der Waals surface area contributed by atoms with E-state index in [0.717, 1.165) is 42.3 Å². The van der Waals surface area contributed by atoms with Crippen molar-refractivity contribution >= 4 is 28.4 Å². The zero-order chi connectivity index (χ0) is 20.0. The summed E-state index contributed by atoms with van der Waals surface area (Å²) in [7, 11) is 0. The van der Waals surface area contributed by atoms with Crippen LogP contribution < -0.4 is 15.8 Å². The van der Waals surface area contributed by atoms with E-state index in [1.54, 1.807) is 0 Å². The van der Waals surface area contributed by atoms with Crippen LogP contribution in [0, 0.1) is 17.2 Å². The molecule has 2 atom stereocenters. The van der Waals surface area contributed by atoms with Crippen molar-refractivity contribution in [1.82, 2.24) is 9.97 Å². The first-order chi connectivity index (χ1) is 14.2. The second-order valence-electron chi connectivity index (χ2n) is 7.49. The van der Waals surface area contributed by atoms with Gasteiger partial charge in [0.05, 0.1) is 11.6 Å². The number of benzene rings is 2. The average Bonchev–Trinajstić information content (AvgIpc) is 3.27. The topological polar surface area (TPSA) is 102 Å². The highest BCUT2D eigenvalue weighted by atomic mass is 16.2. The minimum Gasteiger partial charge on any atom is -0.342 e. The number of rotatable bonds is 2. The number of aromatic nitrogens is 2. The number of nitriles is 1. The van der Waals surface area contributed by atoms with Gasteiger partial charge < -0.3 is 10.2 Å². The lowest BCUT2D eigenvalue weighted by atomic mass is 9.77. The maximum absolute atomic E-state index is 13.1. The third-order valence-electron chi connectivity index (χ3n) is 5.81. The van der Waals surface area contributed by atoms with Crippen LogP contribution in [-0.4, -0.2) is 29.0 Å². The molecule has 144 valence electrons. The zero-order valence-corrected chi connectivity index (χ0v) is 15.7. The molecule has 7 heteroatoms. The number of aromatic amines is 1. The molecule has 5 rings (SSSR count). The monoisotopic (exact) mass is 385 g/mol. The highest BCUT2D eigenvalue weighted by Crippen LogP contribution is 2.40. The van der Waals surface area contributed by atoms with Crippen molar-refractivity contribution in [1.29, 1.82) is 5.26 Å². The van der Waals surface area contributed by atoms with Crippen LogP contribution >= 0.6 is 0 Å². The van der Waals surface area contributed by atoms with Crippen LogP contribution in [0.1, 0.15) is 29.9 Å². The van der Waals surface area contributed by atoms with E-state index in [2.05, 4.69) is 21.4 Å². The third-order valence-corrected chi connectivity index (χ3v) is 5.81. The maximum atomic E-state index is 13.1. The molecule has 3 heterocycles. The molecular formula is C22H19N5O2. The van der Waals surface area contributed by atoms with Crippen LogP contribution in [0.4, 0.5) is 11.8 Å². The minimum atomic E-state index is -1.01. The highest BCUT2D eigenvalue weighted by molar-refractivity contribution is 5.99. The molecule has 2 aliphatic rings. The summed E-state index contributed by atoms with van der Waals surface area (Å²) >= 11 is 0. The van der Waals surface area contributed by atoms with E-state index in [-0.39, 0.29) is 11.4 Å². The molecule has 1 amide bonds. The molecule has 0 saturated carbocycles. The van der Waals surface area contributed by atoms with Crippen molar-refractivity contribution < 1.29 is 4.79 Å². The Morgan fingerprint density at radius 1 is 1.07 bits per heavy atom. The van der Waals surface area contributed by atoms with Gasteiger partial charge in [0.15, 0.2) is 0 Å². The summed E-state index contributed by atoms with van der Waals surface area (Å²) < 4.78 is 0. The van der Waals surface area contributed by atoms with Gasteiger partial charge in [0.25, 0.3) is 5.56 Å². The van der Waals surface area contributed by atoms with Crippen molar-refractivity contribution in [2.24, 2.45) is 5.92 Å². The molecule has 0 unspecified atom stereocenters. The van der Waals surface area contributed by atoms with Gasteiger partial charge in [0.1, 0.15) is 11.7 Å². The molecular weight excluding hydrogens is 366 g/mol. The second kappa shape index (κ2) is 6.74. The van der Waals surface area contributed by atoms with Gasteiger partial charge in [-0.1, -0.05) is 42.5 Å². The Morgan fingerprint density at radius 3 is 2.62 bits per heavy atom. The molecule has 0 bridgehead atoms. The lowest BCUT2D eigenvalue weighted by Gasteiger charge is -2.30. The van der Waals surface area contributed by atoms with E-state index in [0.29, 0.717) is 11.5 Å². The van der Waals surface area contributed by atoms with Crippen molar-refractivity contribution in [3.63, 3.8) is 0 Å². The van der Waals surface area contributed by atoms with Crippen LogP contribution in [0.15, 0.2) is 47.3 Å². The summed E-state index contributed by atoms with van der Waals surface area (Å²) in [5.74, 6) is -1.39. The van der Waals surface area contributed by atoms with Crippen LogP contribution in [-0.2, 0) is 4.79 Å². The first-order valence-corrected chi connectivity index (χ1v) is 9.74. The largest absolute Gasteiger partial charge is 0.342 e. The van der Waals surface area contributed by atoms with E-state index in [1.807, 2.05) is 47.4 Å². The van der Waals surface area contributed by atoms with Gasteiger partial charge in [-0.2, -0.15) is 10.2 Å². The van der Waals surface area contributed by atoms with Gasteiger partial charge in [-0.25, -0.2) is 0 Å². The fourth-order valence-electron chi connectivity index (χ4n) is 4.44. The normalized spacial score (nSPS) is 20.9. The maximum Gasteiger partial charge on any atom is 0.258 e. The Morgan fingerprint density at radius 2 is 1.83 bits per heavy atom. The zero-order valence-electron chi connectivity index (χ0n) is 15.7. The van der Waals surface area contributed by atoms with Crippen molar-refractivity contribution in [3.8, 4) is 6.07 Å². The summed E-state index contributed by atoms with van der Waals surface area (Å²) in [4.78, 5) is 35.4. The van der Waals surface area contributed by atoms with E-state index in [1.165, 1.54) is 0 Å². The van der Waals surface area contributed by atoms with Gasteiger partial charge in [0.2, 0.25) is 11.9 Å². The predicted octanol–water partition coefficient (Wildman–Crippen LogP) is 2.75. The molecule has 2 N–H and O–H groups in total. The molecule has 1 fully saturated rings. The molecule has 0 aliphatic carbocycles. The number of nitrogens with one attached hydrogen (secondary N) is 2. The van der Waals surface area contributed by atoms with Crippen LogP contribution in [0.25, 0.3) is 10.8 Å². The van der Waals surface area contributed by atoms with Crippen molar-refractivity contribution in [2.45, 2.75) is 18.8 Å². The summed E-state index contributed by atoms with van der Waals surface area (Å²) in [6.07, 6.45) is 2.09. The van der Waals surface area contributed by atoms with Crippen molar-refractivity contribution in [2.75, 3.05) is 23.3 Å². The lowest BCUT2D eigenvalue weighted by Crippen LogP contribution is -2.39. The molecule has 2 aromatic carbocycles. The number of amides is 1. The van der Waals surface area contributed by atoms with E-state index >= 15 is 0 Å². The Kier molecular flexibility index (Phi) is 4.06. The SMILES string of the molecule is N#C[C@@H]1C(=O)Nc2nc(N3CCCC3)[nH]c(=O)c2[C@@H]1c1cccc2ccccc12. The molecule has 0 spiro atoms. The third kappa shape index (κ3) is 2.76. The minimum absolute atomic E-state index is 0.255. The van der Waals surface area contributed by atoms with Gasteiger partial charge >= 0.3 is 0 Å². The number of nitrogens with zero attached hydrogens (tertiary/aromatic N) is 3. The van der Waals surface area contributed by atoms with E-state index in [4.69, 9.17) is 0 Å². The number of hydrogen-bond donors (Lipinski definition) is 2. The number of carbonyl (C=O) groups is 1. The van der Waals surface area contributed by atoms with Gasteiger partial charge in [0, 0.05) is 19.0 Å². The van der Waals surface area contributed by atoms with E-state index < -0.39 is 17.7 Å². The van der Waals surface area contributed by atoms with E-state index in [9.17, 15) is 14.9 Å². The smallest absolute Gasteiger partial charge is 0.258 e.